The third kappa shape index (κ3) is 1.49. The molecule has 3 N–H and O–H groups in total. The number of nitrogen functional groups attached to an aromatic ring is 1. The summed E-state index contributed by atoms with van der Waals surface area (Å²) >= 11 is 0. The van der Waals surface area contributed by atoms with Crippen LogP contribution in [0.3, 0.4) is 0 Å². The molecule has 0 aromatic carbocycles. The van der Waals surface area contributed by atoms with Crippen molar-refractivity contribution in [1.29, 1.82) is 0 Å². The molecule has 70 valence electrons. The lowest BCUT2D eigenvalue weighted by atomic mass is 10.1. The Balaban J connectivity index is 2.19. The van der Waals surface area contributed by atoms with Crippen LogP contribution in [0.2, 0.25) is 0 Å². The van der Waals surface area contributed by atoms with Crippen LogP contribution in [0.15, 0.2) is 12.3 Å². The molecule has 1 atom stereocenters. The summed E-state index contributed by atoms with van der Waals surface area (Å²) in [5, 5.41) is 6.82. The second-order valence-corrected chi connectivity index (χ2v) is 3.17. The zero-order valence-corrected chi connectivity index (χ0v) is 7.23. The first-order valence-electron chi connectivity index (χ1n) is 4.36. The number of anilines is 1. The lowest BCUT2D eigenvalue weighted by molar-refractivity contribution is -0.126. The number of piperidine rings is 1. The highest BCUT2D eigenvalue weighted by atomic mass is 16.2. The number of nitrogens with two attached hydrogens (primary N) is 1. The van der Waals surface area contributed by atoms with Crippen LogP contribution in [-0.4, -0.2) is 22.2 Å². The Bertz CT molecular complexity index is 320. The fourth-order valence-corrected chi connectivity index (χ4v) is 1.53. The Morgan fingerprint density at radius 2 is 2.54 bits per heavy atom. The van der Waals surface area contributed by atoms with Crippen molar-refractivity contribution in [3.8, 4) is 0 Å². The molecule has 1 unspecified atom stereocenters. The van der Waals surface area contributed by atoms with E-state index in [9.17, 15) is 4.79 Å². The molecular weight excluding hydrogens is 168 g/mol. The van der Waals surface area contributed by atoms with Gasteiger partial charge in [-0.05, 0) is 18.9 Å². The van der Waals surface area contributed by atoms with Gasteiger partial charge in [0.15, 0.2) is 0 Å². The van der Waals surface area contributed by atoms with E-state index in [4.69, 9.17) is 5.73 Å². The number of hydrogen-bond acceptors (Lipinski definition) is 3. The molecule has 1 saturated heterocycles. The van der Waals surface area contributed by atoms with Crippen molar-refractivity contribution in [2.24, 2.45) is 0 Å². The van der Waals surface area contributed by atoms with E-state index in [1.807, 2.05) is 0 Å². The number of aromatic nitrogens is 2. The Kier molecular flexibility index (Phi) is 1.92. The van der Waals surface area contributed by atoms with E-state index >= 15 is 0 Å². The van der Waals surface area contributed by atoms with Gasteiger partial charge in [-0.15, -0.1) is 0 Å². The van der Waals surface area contributed by atoms with E-state index in [1.54, 1.807) is 16.9 Å². The van der Waals surface area contributed by atoms with Gasteiger partial charge in [-0.2, -0.15) is 5.10 Å². The van der Waals surface area contributed by atoms with E-state index in [2.05, 4.69) is 10.4 Å². The van der Waals surface area contributed by atoms with Crippen molar-refractivity contribution in [2.45, 2.75) is 18.9 Å². The first-order valence-corrected chi connectivity index (χ1v) is 4.36. The molecule has 5 heteroatoms. The molecule has 2 rings (SSSR count). The maximum absolute atomic E-state index is 11.4. The number of nitrogens with zero attached hydrogens (tertiary/aromatic N) is 2. The zero-order valence-electron chi connectivity index (χ0n) is 7.23. The minimum absolute atomic E-state index is 0.0364. The summed E-state index contributed by atoms with van der Waals surface area (Å²) in [5.41, 5.74) is 5.47. The predicted molar refractivity (Wildman–Crippen MR) is 47.9 cm³/mol. The molecule has 0 aliphatic carbocycles. The molecule has 0 spiro atoms. The topological polar surface area (TPSA) is 72.9 Å². The third-order valence-electron chi connectivity index (χ3n) is 2.20. The van der Waals surface area contributed by atoms with Crippen LogP contribution in [0.5, 0.6) is 0 Å². The van der Waals surface area contributed by atoms with Gasteiger partial charge >= 0.3 is 0 Å². The Morgan fingerprint density at radius 3 is 3.15 bits per heavy atom. The highest BCUT2D eigenvalue weighted by molar-refractivity contribution is 5.80. The molecule has 1 aliphatic rings. The summed E-state index contributed by atoms with van der Waals surface area (Å²) in [5.74, 6) is 0.493. The van der Waals surface area contributed by atoms with Gasteiger partial charge in [0, 0.05) is 12.7 Å². The van der Waals surface area contributed by atoms with Gasteiger partial charge in [0.1, 0.15) is 11.9 Å². The van der Waals surface area contributed by atoms with Crippen LogP contribution in [0.1, 0.15) is 18.9 Å². The summed E-state index contributed by atoms with van der Waals surface area (Å²) < 4.78 is 1.63. The quantitative estimate of drug-likeness (QED) is 0.634. The molecule has 13 heavy (non-hydrogen) atoms. The van der Waals surface area contributed by atoms with E-state index in [1.165, 1.54) is 0 Å². The average molecular weight is 180 g/mol. The molecule has 5 nitrogen and oxygen atoms in total. The van der Waals surface area contributed by atoms with Gasteiger partial charge in [0.2, 0.25) is 5.91 Å². The van der Waals surface area contributed by atoms with Crippen LogP contribution in [0.4, 0.5) is 5.82 Å². The van der Waals surface area contributed by atoms with Gasteiger partial charge in [-0.3, -0.25) is 9.48 Å². The molecule has 1 aliphatic heterocycles. The number of nitrogens with one attached hydrogen (secondary N) is 1. The van der Waals surface area contributed by atoms with Gasteiger partial charge in [-0.25, -0.2) is 0 Å². The van der Waals surface area contributed by atoms with E-state index in [0.29, 0.717) is 5.82 Å². The molecule has 0 bridgehead atoms. The molecule has 2 heterocycles. The molecule has 1 aromatic rings. The Morgan fingerprint density at radius 1 is 1.69 bits per heavy atom. The van der Waals surface area contributed by atoms with Crippen molar-refractivity contribution in [3.63, 3.8) is 0 Å². The predicted octanol–water partition coefficient (Wildman–Crippen LogP) is -0.0836. The molecule has 1 fully saturated rings. The Labute approximate surface area is 75.9 Å². The van der Waals surface area contributed by atoms with Crippen LogP contribution in [0, 0.1) is 0 Å². The lowest BCUT2D eigenvalue weighted by Gasteiger charge is -2.21. The van der Waals surface area contributed by atoms with Gasteiger partial charge in [0.05, 0.1) is 0 Å². The summed E-state index contributed by atoms with van der Waals surface area (Å²) in [6.07, 6.45) is 3.58. The minimum Gasteiger partial charge on any atom is -0.382 e. The maximum atomic E-state index is 11.4. The minimum atomic E-state index is -0.175. The van der Waals surface area contributed by atoms with E-state index in [-0.39, 0.29) is 11.9 Å². The summed E-state index contributed by atoms with van der Waals surface area (Å²) in [7, 11) is 0. The van der Waals surface area contributed by atoms with Crippen molar-refractivity contribution >= 4 is 11.7 Å². The van der Waals surface area contributed by atoms with E-state index < -0.39 is 0 Å². The van der Waals surface area contributed by atoms with Crippen molar-refractivity contribution in [3.05, 3.63) is 12.3 Å². The number of carbonyl (C=O) groups is 1. The number of rotatable bonds is 1. The van der Waals surface area contributed by atoms with Crippen LogP contribution < -0.4 is 11.1 Å². The number of hydrogen-bond donors (Lipinski definition) is 2. The molecule has 0 saturated carbocycles. The van der Waals surface area contributed by atoms with Crippen molar-refractivity contribution in [1.82, 2.24) is 15.1 Å². The maximum Gasteiger partial charge on any atom is 0.244 e. The van der Waals surface area contributed by atoms with Crippen molar-refractivity contribution < 1.29 is 4.79 Å². The Hall–Kier alpha value is -1.52. The second kappa shape index (κ2) is 3.08. The SMILES string of the molecule is Nc1ccn(C2CCCNC2=O)n1. The zero-order chi connectivity index (χ0) is 9.26. The highest BCUT2D eigenvalue weighted by Gasteiger charge is 2.23. The van der Waals surface area contributed by atoms with Gasteiger partial charge in [0.25, 0.3) is 0 Å². The molecule has 1 aromatic heterocycles. The summed E-state index contributed by atoms with van der Waals surface area (Å²) in [6, 6.07) is 1.52. The first-order chi connectivity index (χ1) is 6.27. The fraction of sp³-hybridized carbons (Fsp3) is 0.500. The lowest BCUT2D eigenvalue weighted by Crippen LogP contribution is -2.38. The average Bonchev–Trinajstić information content (AvgIpc) is 2.53. The standard InChI is InChI=1S/C8H12N4O/c9-7-3-5-12(11-7)6-2-1-4-10-8(6)13/h3,5-6H,1-2,4H2,(H2,9,11)(H,10,13). The van der Waals surface area contributed by atoms with E-state index in [0.717, 1.165) is 19.4 Å². The highest BCUT2D eigenvalue weighted by Crippen LogP contribution is 2.17. The van der Waals surface area contributed by atoms with Crippen LogP contribution >= 0.6 is 0 Å². The van der Waals surface area contributed by atoms with Gasteiger partial charge in [-0.1, -0.05) is 0 Å². The third-order valence-corrected chi connectivity index (χ3v) is 2.20. The monoisotopic (exact) mass is 180 g/mol. The smallest absolute Gasteiger partial charge is 0.244 e. The normalized spacial score (nSPS) is 22.8. The second-order valence-electron chi connectivity index (χ2n) is 3.17. The summed E-state index contributed by atoms with van der Waals surface area (Å²) in [6.45, 7) is 0.770. The molecule has 1 amide bonds. The van der Waals surface area contributed by atoms with Crippen molar-refractivity contribution in [2.75, 3.05) is 12.3 Å². The largest absolute Gasteiger partial charge is 0.382 e. The number of carbonyl (C=O) groups excluding carboxylic acids is 1. The van der Waals surface area contributed by atoms with Crippen LogP contribution in [-0.2, 0) is 4.79 Å². The first kappa shape index (κ1) is 8.10. The molecule has 0 radical (unpaired) electrons. The summed E-state index contributed by atoms with van der Waals surface area (Å²) in [4.78, 5) is 11.4. The molecular formula is C8H12N4O. The van der Waals surface area contributed by atoms with Crippen LogP contribution in [0.25, 0.3) is 0 Å². The fourth-order valence-electron chi connectivity index (χ4n) is 1.53. The number of amides is 1. The van der Waals surface area contributed by atoms with Gasteiger partial charge < -0.3 is 11.1 Å².